The molecule has 0 saturated heterocycles. The standard InChI is InChI=1S/C51H34N4S2/c1-3-13-31(14-4-1)49-52-50(32-15-5-2-6-16-32)54-51(53-49)39-21-11-20-38-40-29-33(25-27-44(40)57-48(38)39)35-19-12-24-46-47(35)41-30-34(26-28-45(41)56-46)55-42-22-9-7-17-36(42)37-18-8-10-23-43(37)55/h1-19,21-30,38,49H,20H2,(H,52,53,54). The number of rotatable bonds is 5. The summed E-state index contributed by atoms with van der Waals surface area (Å²) in [6, 6.07) is 59.2. The molecule has 0 radical (unpaired) electrons. The minimum atomic E-state index is -0.229. The van der Waals surface area contributed by atoms with Gasteiger partial charge in [0.2, 0.25) is 0 Å². The highest BCUT2D eigenvalue weighted by Gasteiger charge is 2.34. The Balaban J connectivity index is 0.957. The highest BCUT2D eigenvalue weighted by atomic mass is 32.2. The first-order valence-corrected chi connectivity index (χ1v) is 21.1. The zero-order valence-corrected chi connectivity index (χ0v) is 32.4. The minimum Gasteiger partial charge on any atom is -0.344 e. The first-order valence-electron chi connectivity index (χ1n) is 19.5. The zero-order chi connectivity index (χ0) is 37.5. The van der Waals surface area contributed by atoms with Crippen molar-refractivity contribution >= 4 is 76.7 Å². The maximum absolute atomic E-state index is 5.19. The second-order valence-electron chi connectivity index (χ2n) is 14.9. The lowest BCUT2D eigenvalue weighted by molar-refractivity contribution is 0.673. The normalized spacial score (nSPS) is 17.5. The molecular formula is C51H34N4S2. The number of aliphatic imine (C=N–C) groups is 2. The Kier molecular flexibility index (Phi) is 7.50. The van der Waals surface area contributed by atoms with Crippen molar-refractivity contribution in [1.29, 1.82) is 0 Å². The molecule has 12 rings (SSSR count). The van der Waals surface area contributed by atoms with Gasteiger partial charge in [-0.2, -0.15) is 0 Å². The molecule has 2 atom stereocenters. The second kappa shape index (κ2) is 13.1. The number of hydrogen-bond acceptors (Lipinski definition) is 5. The van der Waals surface area contributed by atoms with Gasteiger partial charge in [0.1, 0.15) is 12.0 Å². The minimum absolute atomic E-state index is 0.229. The lowest BCUT2D eigenvalue weighted by atomic mass is 9.87. The maximum atomic E-state index is 5.19. The largest absolute Gasteiger partial charge is 0.344 e. The van der Waals surface area contributed by atoms with E-state index in [0.29, 0.717) is 0 Å². The predicted octanol–water partition coefficient (Wildman–Crippen LogP) is 13.4. The maximum Gasteiger partial charge on any atom is 0.159 e. The SMILES string of the molecule is C1=CC(C2=NC(c3ccccc3)=NC(c3ccccc3)N2)=C2Sc3ccc(-c4cccc5sc6ccc(-n7c8ccccc8c8ccccc87)cc6c45)cc3C2C1. The van der Waals surface area contributed by atoms with E-state index in [0.717, 1.165) is 34.8 Å². The summed E-state index contributed by atoms with van der Waals surface area (Å²) < 4.78 is 5.04. The number of thiophene rings is 1. The molecule has 0 spiro atoms. The average molecular weight is 767 g/mol. The number of fused-ring (bicyclic) bond motifs is 9. The van der Waals surface area contributed by atoms with Crippen LogP contribution < -0.4 is 5.32 Å². The molecular weight excluding hydrogens is 733 g/mol. The Bertz CT molecular complexity index is 3170. The van der Waals surface area contributed by atoms with E-state index in [4.69, 9.17) is 9.98 Å². The predicted molar refractivity (Wildman–Crippen MR) is 241 cm³/mol. The van der Waals surface area contributed by atoms with Gasteiger partial charge in [-0.3, -0.25) is 0 Å². The molecule has 0 saturated carbocycles. The van der Waals surface area contributed by atoms with Gasteiger partial charge in [-0.05, 0) is 77.2 Å². The van der Waals surface area contributed by atoms with Crippen molar-refractivity contribution in [1.82, 2.24) is 9.88 Å². The summed E-state index contributed by atoms with van der Waals surface area (Å²) in [5.41, 5.74) is 10.9. The summed E-state index contributed by atoms with van der Waals surface area (Å²) >= 11 is 3.78. The van der Waals surface area contributed by atoms with Crippen LogP contribution in [0.25, 0.3) is 58.8 Å². The van der Waals surface area contributed by atoms with Crippen LogP contribution in [0.4, 0.5) is 0 Å². The van der Waals surface area contributed by atoms with E-state index in [9.17, 15) is 0 Å². The van der Waals surface area contributed by atoms with Crippen LogP contribution in [0.15, 0.2) is 201 Å². The van der Waals surface area contributed by atoms with Gasteiger partial charge in [-0.15, -0.1) is 11.3 Å². The van der Waals surface area contributed by atoms with E-state index in [-0.39, 0.29) is 12.1 Å². The third-order valence-corrected chi connectivity index (χ3v) is 14.1. The number of nitrogens with zero attached hydrogens (tertiary/aromatic N) is 3. The van der Waals surface area contributed by atoms with Crippen LogP contribution in [-0.2, 0) is 0 Å². The van der Waals surface area contributed by atoms with Crippen molar-refractivity contribution in [2.75, 3.05) is 0 Å². The Hall–Kier alpha value is -6.47. The molecule has 4 heterocycles. The molecule has 6 heteroatoms. The fourth-order valence-corrected chi connectivity index (χ4v) is 11.4. The molecule has 2 aromatic heterocycles. The zero-order valence-electron chi connectivity index (χ0n) is 30.8. The van der Waals surface area contributed by atoms with Gasteiger partial charge in [0.15, 0.2) is 5.84 Å². The molecule has 0 fully saturated rings. The van der Waals surface area contributed by atoms with Crippen molar-refractivity contribution in [2.45, 2.75) is 23.4 Å². The fraction of sp³-hybridized carbons (Fsp3) is 0.0588. The summed E-state index contributed by atoms with van der Waals surface area (Å²) in [5, 5.41) is 8.91. The van der Waals surface area contributed by atoms with Crippen LogP contribution in [0, 0.1) is 0 Å². The molecule has 7 aromatic carbocycles. The lowest BCUT2D eigenvalue weighted by Crippen LogP contribution is -2.34. The summed E-state index contributed by atoms with van der Waals surface area (Å²) in [5.74, 6) is 1.90. The summed E-state index contributed by atoms with van der Waals surface area (Å²) in [4.78, 5) is 13.0. The van der Waals surface area contributed by atoms with Crippen molar-refractivity contribution in [3.63, 3.8) is 0 Å². The number of thioether (sulfide) groups is 1. The number of allylic oxidation sites excluding steroid dienone is 2. The van der Waals surface area contributed by atoms with Crippen molar-refractivity contribution < 1.29 is 0 Å². The number of hydrogen-bond donors (Lipinski definition) is 1. The molecule has 2 aliphatic heterocycles. The van der Waals surface area contributed by atoms with E-state index in [1.165, 1.54) is 74.2 Å². The van der Waals surface area contributed by atoms with Gasteiger partial charge >= 0.3 is 0 Å². The molecule has 9 aromatic rings. The summed E-state index contributed by atoms with van der Waals surface area (Å²) in [7, 11) is 0. The number of aromatic nitrogens is 1. The molecule has 4 nitrogen and oxygen atoms in total. The number of benzene rings is 7. The monoisotopic (exact) mass is 766 g/mol. The number of para-hydroxylation sites is 2. The molecule has 3 aliphatic rings. The van der Waals surface area contributed by atoms with Crippen LogP contribution in [0.3, 0.4) is 0 Å². The van der Waals surface area contributed by atoms with E-state index in [1.807, 2.05) is 29.2 Å². The lowest BCUT2D eigenvalue weighted by Gasteiger charge is -2.27. The third kappa shape index (κ3) is 5.28. The van der Waals surface area contributed by atoms with Crippen LogP contribution in [0.1, 0.15) is 35.2 Å². The number of amidine groups is 2. The molecule has 1 aliphatic carbocycles. The van der Waals surface area contributed by atoms with Gasteiger partial charge < -0.3 is 9.88 Å². The quantitative estimate of drug-likeness (QED) is 0.190. The van der Waals surface area contributed by atoms with E-state index in [1.54, 1.807) is 0 Å². The average Bonchev–Trinajstić information content (AvgIpc) is 3.96. The second-order valence-corrected chi connectivity index (χ2v) is 17.1. The van der Waals surface area contributed by atoms with Crippen molar-refractivity contribution in [3.05, 3.63) is 203 Å². The molecule has 0 bridgehead atoms. The Labute approximate surface area is 338 Å². The Morgan fingerprint density at radius 1 is 0.632 bits per heavy atom. The van der Waals surface area contributed by atoms with Crippen molar-refractivity contribution in [3.8, 4) is 16.8 Å². The van der Waals surface area contributed by atoms with Gasteiger partial charge in [-0.25, -0.2) is 9.98 Å². The topological polar surface area (TPSA) is 41.7 Å². The molecule has 0 amide bonds. The molecule has 2 unspecified atom stereocenters. The first kappa shape index (κ1) is 32.7. The molecule has 270 valence electrons. The van der Waals surface area contributed by atoms with Crippen LogP contribution in [-0.4, -0.2) is 16.2 Å². The Morgan fingerprint density at radius 3 is 2.19 bits per heavy atom. The summed E-state index contributed by atoms with van der Waals surface area (Å²) in [6.45, 7) is 0. The smallest absolute Gasteiger partial charge is 0.159 e. The number of nitrogens with one attached hydrogen (secondary N) is 1. The summed E-state index contributed by atoms with van der Waals surface area (Å²) in [6.07, 6.45) is 5.32. The highest BCUT2D eigenvalue weighted by Crippen LogP contribution is 2.55. The van der Waals surface area contributed by atoms with E-state index < -0.39 is 0 Å². The highest BCUT2D eigenvalue weighted by molar-refractivity contribution is 8.03. The first-order chi connectivity index (χ1) is 28.2. The van der Waals surface area contributed by atoms with Crippen LogP contribution in [0.5, 0.6) is 0 Å². The third-order valence-electron chi connectivity index (χ3n) is 11.6. The Morgan fingerprint density at radius 2 is 1.39 bits per heavy atom. The molecule has 1 N–H and O–H groups in total. The fourth-order valence-electron chi connectivity index (χ4n) is 8.99. The van der Waals surface area contributed by atoms with Crippen LogP contribution >= 0.6 is 23.1 Å². The van der Waals surface area contributed by atoms with Gasteiger partial charge in [0.25, 0.3) is 0 Å². The van der Waals surface area contributed by atoms with E-state index >= 15 is 0 Å². The van der Waals surface area contributed by atoms with Gasteiger partial charge in [0.05, 0.1) is 11.0 Å². The van der Waals surface area contributed by atoms with Gasteiger partial charge in [0, 0.05) is 63.5 Å². The molecule has 57 heavy (non-hydrogen) atoms. The van der Waals surface area contributed by atoms with Crippen molar-refractivity contribution in [2.24, 2.45) is 9.98 Å². The van der Waals surface area contributed by atoms with E-state index in [2.05, 4.69) is 180 Å². The van der Waals surface area contributed by atoms with Gasteiger partial charge in [-0.1, -0.05) is 139 Å². The van der Waals surface area contributed by atoms with Crippen LogP contribution in [0.2, 0.25) is 0 Å².